The summed E-state index contributed by atoms with van der Waals surface area (Å²) in [6, 6.07) is 4.02. The summed E-state index contributed by atoms with van der Waals surface area (Å²) in [4.78, 5) is 11.3. The zero-order valence-corrected chi connectivity index (χ0v) is 17.0. The van der Waals surface area contributed by atoms with Crippen LogP contribution in [0.5, 0.6) is 0 Å². The Hall–Kier alpha value is 0.790. The van der Waals surface area contributed by atoms with Crippen LogP contribution >= 0.6 is 67.8 Å². The molecule has 1 rings (SSSR count). The van der Waals surface area contributed by atoms with Crippen molar-refractivity contribution in [3.63, 3.8) is 0 Å². The molecule has 9 heteroatoms. The van der Waals surface area contributed by atoms with E-state index in [0.717, 1.165) is 22.5 Å². The van der Waals surface area contributed by atoms with Crippen molar-refractivity contribution in [2.24, 2.45) is 0 Å². The maximum absolute atomic E-state index is 11.3. The van der Waals surface area contributed by atoms with Crippen LogP contribution in [0.4, 0.5) is 0 Å². The van der Waals surface area contributed by atoms with Crippen LogP contribution in [0.15, 0.2) is 12.1 Å². The van der Waals surface area contributed by atoms with Gasteiger partial charge < -0.3 is 4.74 Å². The van der Waals surface area contributed by atoms with Crippen LogP contribution < -0.4 is 4.72 Å². The van der Waals surface area contributed by atoms with E-state index in [2.05, 4.69) is 67.8 Å². The highest BCUT2D eigenvalue weighted by Crippen LogP contribution is 2.23. The van der Waals surface area contributed by atoms with Gasteiger partial charge in [-0.05, 0) is 79.9 Å². The van der Waals surface area contributed by atoms with Crippen molar-refractivity contribution in [2.45, 2.75) is 6.61 Å². The number of rotatable bonds is 5. The molecule has 0 fully saturated rings. The summed E-state index contributed by atoms with van der Waals surface area (Å²) in [6.45, 7) is -0.0180. The fraction of sp³-hybridized carbons (Fsp3) is 0.300. The van der Waals surface area contributed by atoms with Gasteiger partial charge in [0.1, 0.15) is 6.61 Å². The van der Waals surface area contributed by atoms with Crippen molar-refractivity contribution in [1.29, 1.82) is 0 Å². The molecule has 0 aliphatic heterocycles. The average molecular weight is 621 g/mol. The maximum Gasteiger partial charge on any atom is 0.259 e. The van der Waals surface area contributed by atoms with Gasteiger partial charge in [0, 0.05) is 16.3 Å². The highest BCUT2D eigenvalue weighted by atomic mass is 127. The fourth-order valence-electron chi connectivity index (χ4n) is 1.19. The number of sulfonamides is 1. The van der Waals surface area contributed by atoms with Crippen LogP contribution in [0.2, 0.25) is 0 Å². The Morgan fingerprint density at radius 1 is 1.26 bits per heavy atom. The number of ether oxygens (including phenoxy) is 1. The lowest BCUT2D eigenvalue weighted by Gasteiger charge is -2.09. The Labute approximate surface area is 152 Å². The van der Waals surface area contributed by atoms with Crippen LogP contribution in [0.3, 0.4) is 0 Å². The molecule has 0 bridgehead atoms. The minimum absolute atomic E-state index is 0.269. The highest BCUT2D eigenvalue weighted by molar-refractivity contribution is 14.1. The third kappa shape index (κ3) is 6.86. The quantitative estimate of drug-likeness (QED) is 0.512. The maximum atomic E-state index is 11.3. The summed E-state index contributed by atoms with van der Waals surface area (Å²) in [5.74, 6) is -0.668. The first-order chi connectivity index (χ1) is 8.69. The Kier molecular flexibility index (Phi) is 7.23. The SMILES string of the molecule is CS(=O)(=O)NC(=O)COCc1c(I)cc(I)cc1I. The summed E-state index contributed by atoms with van der Waals surface area (Å²) in [5, 5.41) is 0. The molecule has 1 aromatic rings. The molecule has 0 saturated carbocycles. The molecule has 0 unspecified atom stereocenters. The predicted molar refractivity (Wildman–Crippen MR) is 97.2 cm³/mol. The fourth-order valence-corrected chi connectivity index (χ4v) is 5.56. The zero-order valence-electron chi connectivity index (χ0n) is 9.74. The van der Waals surface area contributed by atoms with Gasteiger partial charge in [0.25, 0.3) is 5.91 Å². The van der Waals surface area contributed by atoms with Gasteiger partial charge in [0.05, 0.1) is 12.9 Å². The molecule has 19 heavy (non-hydrogen) atoms. The number of carbonyl (C=O) groups excluding carboxylic acids is 1. The van der Waals surface area contributed by atoms with Gasteiger partial charge in [0.2, 0.25) is 10.0 Å². The van der Waals surface area contributed by atoms with E-state index < -0.39 is 15.9 Å². The number of hydrogen-bond donors (Lipinski definition) is 1. The van der Waals surface area contributed by atoms with E-state index in [1.807, 2.05) is 16.9 Å². The molecule has 1 amide bonds. The molecule has 0 atom stereocenters. The van der Waals surface area contributed by atoms with Gasteiger partial charge in [-0.3, -0.25) is 9.52 Å². The van der Waals surface area contributed by atoms with Crippen molar-refractivity contribution in [3.8, 4) is 0 Å². The van der Waals surface area contributed by atoms with Crippen molar-refractivity contribution in [2.75, 3.05) is 12.9 Å². The molecule has 0 aliphatic rings. The Bertz CT molecular complexity index is 565. The molecule has 0 spiro atoms. The second kappa shape index (κ2) is 7.70. The molecular weight excluding hydrogens is 611 g/mol. The molecule has 0 heterocycles. The number of halogens is 3. The lowest BCUT2D eigenvalue weighted by Crippen LogP contribution is -2.32. The lowest BCUT2D eigenvalue weighted by molar-refractivity contribution is -0.124. The van der Waals surface area contributed by atoms with Crippen molar-refractivity contribution in [1.82, 2.24) is 4.72 Å². The van der Waals surface area contributed by atoms with Crippen molar-refractivity contribution < 1.29 is 17.9 Å². The highest BCUT2D eigenvalue weighted by Gasteiger charge is 2.10. The number of hydrogen-bond acceptors (Lipinski definition) is 4. The number of nitrogens with one attached hydrogen (secondary N) is 1. The first kappa shape index (κ1) is 17.8. The topological polar surface area (TPSA) is 72.5 Å². The van der Waals surface area contributed by atoms with Gasteiger partial charge in [-0.1, -0.05) is 0 Å². The minimum Gasteiger partial charge on any atom is -0.367 e. The third-order valence-corrected chi connectivity index (χ3v) is 5.03. The molecule has 5 nitrogen and oxygen atoms in total. The second-order valence-electron chi connectivity index (χ2n) is 3.64. The van der Waals surface area contributed by atoms with Crippen LogP contribution in [-0.4, -0.2) is 27.2 Å². The standard InChI is InChI=1S/C10H10I3NO4S/c1-19(16,17)14-10(15)5-18-4-7-8(12)2-6(11)3-9(7)13/h2-3H,4-5H2,1H3,(H,14,15). The molecule has 0 aliphatic carbocycles. The van der Waals surface area contributed by atoms with Gasteiger partial charge in [-0.15, -0.1) is 0 Å². The Morgan fingerprint density at radius 3 is 2.26 bits per heavy atom. The van der Waals surface area contributed by atoms with Crippen LogP contribution in [0.25, 0.3) is 0 Å². The normalized spacial score (nSPS) is 11.4. The van der Waals surface area contributed by atoms with Gasteiger partial charge in [-0.2, -0.15) is 0 Å². The van der Waals surface area contributed by atoms with E-state index in [1.165, 1.54) is 0 Å². The number of amides is 1. The van der Waals surface area contributed by atoms with E-state index in [4.69, 9.17) is 4.74 Å². The van der Waals surface area contributed by atoms with E-state index >= 15 is 0 Å². The summed E-state index contributed by atoms with van der Waals surface area (Å²) in [6.07, 6.45) is 0.926. The molecule has 0 saturated heterocycles. The molecule has 106 valence electrons. The van der Waals surface area contributed by atoms with Crippen LogP contribution in [0.1, 0.15) is 5.56 Å². The lowest BCUT2D eigenvalue weighted by atomic mass is 10.2. The van der Waals surface area contributed by atoms with E-state index in [0.29, 0.717) is 0 Å². The van der Waals surface area contributed by atoms with Crippen LogP contribution in [-0.2, 0) is 26.2 Å². The minimum atomic E-state index is -3.52. The molecule has 0 aromatic heterocycles. The van der Waals surface area contributed by atoms with Gasteiger partial charge >= 0.3 is 0 Å². The monoisotopic (exact) mass is 621 g/mol. The molecule has 1 aromatic carbocycles. The Balaban J connectivity index is 2.57. The second-order valence-corrected chi connectivity index (χ2v) is 8.96. The number of carbonyl (C=O) groups is 1. The summed E-state index contributed by atoms with van der Waals surface area (Å²) in [7, 11) is -3.52. The average Bonchev–Trinajstić information content (AvgIpc) is 2.19. The summed E-state index contributed by atoms with van der Waals surface area (Å²) in [5.41, 5.74) is 0.994. The molecule has 1 N–H and O–H groups in total. The number of benzene rings is 1. The predicted octanol–water partition coefficient (Wildman–Crippen LogP) is 2.09. The van der Waals surface area contributed by atoms with Gasteiger partial charge in [0.15, 0.2) is 0 Å². The molecular formula is C10H10I3NO4S. The third-order valence-electron chi connectivity index (χ3n) is 1.88. The Morgan fingerprint density at radius 2 is 1.79 bits per heavy atom. The first-order valence-electron chi connectivity index (χ1n) is 4.91. The van der Waals surface area contributed by atoms with E-state index in [1.54, 1.807) is 0 Å². The largest absolute Gasteiger partial charge is 0.367 e. The van der Waals surface area contributed by atoms with E-state index in [9.17, 15) is 13.2 Å². The molecule has 0 radical (unpaired) electrons. The smallest absolute Gasteiger partial charge is 0.259 e. The van der Waals surface area contributed by atoms with E-state index in [-0.39, 0.29) is 13.2 Å². The van der Waals surface area contributed by atoms with Crippen LogP contribution in [0, 0.1) is 10.7 Å². The van der Waals surface area contributed by atoms with Crippen molar-refractivity contribution in [3.05, 3.63) is 28.4 Å². The first-order valence-corrected chi connectivity index (χ1v) is 10.0. The zero-order chi connectivity index (χ0) is 14.6. The summed E-state index contributed by atoms with van der Waals surface area (Å²) < 4.78 is 32.0. The van der Waals surface area contributed by atoms with Gasteiger partial charge in [-0.25, -0.2) is 8.42 Å². The van der Waals surface area contributed by atoms with Crippen molar-refractivity contribution >= 4 is 83.7 Å². The summed E-state index contributed by atoms with van der Waals surface area (Å²) >= 11 is 6.64.